The molecule has 2 aromatic rings. The number of para-hydroxylation sites is 1. The number of Topliss-reactive ketones (excluding diaryl/α,β-unsaturated/α-hetero) is 1. The van der Waals surface area contributed by atoms with E-state index in [4.69, 9.17) is 13.9 Å². The molecule has 32 heavy (non-hydrogen) atoms. The standard InChI is InChI=1S/C25H25NO6/c1-14-21(25(29)32-12-15-6-5-11-30-15)22(23-18(26-14)8-4-9-19(23)27)17-13-31-20-10-3-2-7-16(20)24(17)28/h2-3,7,10,13,15,22-23H,4-6,8-9,11-12H2,1H3/t15-,22+,23-/m0/s1. The first-order valence-corrected chi connectivity index (χ1v) is 11.1. The van der Waals surface area contributed by atoms with Gasteiger partial charge in [-0.15, -0.1) is 0 Å². The van der Waals surface area contributed by atoms with Gasteiger partial charge in [-0.1, -0.05) is 12.1 Å². The molecular formula is C25H25NO6. The van der Waals surface area contributed by atoms with E-state index in [-0.39, 0.29) is 29.5 Å². The molecule has 0 radical (unpaired) electrons. The molecule has 1 saturated carbocycles. The Balaban J connectivity index is 1.60. The normalized spacial score (nSPS) is 25.6. The van der Waals surface area contributed by atoms with Gasteiger partial charge < -0.3 is 13.9 Å². The zero-order chi connectivity index (χ0) is 22.2. The molecule has 5 rings (SSSR count). The molecule has 7 heteroatoms. The van der Waals surface area contributed by atoms with Gasteiger partial charge >= 0.3 is 5.97 Å². The summed E-state index contributed by atoms with van der Waals surface area (Å²) in [5.74, 6) is -1.99. The van der Waals surface area contributed by atoms with E-state index in [1.165, 1.54) is 6.26 Å². The van der Waals surface area contributed by atoms with E-state index in [1.54, 1.807) is 31.2 Å². The molecule has 166 valence electrons. The molecule has 0 unspecified atom stereocenters. The number of carbonyl (C=O) groups is 2. The van der Waals surface area contributed by atoms with Crippen LogP contribution in [0.4, 0.5) is 0 Å². The van der Waals surface area contributed by atoms with E-state index in [0.717, 1.165) is 25.0 Å². The average molecular weight is 435 g/mol. The molecule has 0 bridgehead atoms. The summed E-state index contributed by atoms with van der Waals surface area (Å²) < 4.78 is 16.9. The van der Waals surface area contributed by atoms with Crippen molar-refractivity contribution in [3.05, 3.63) is 57.6 Å². The van der Waals surface area contributed by atoms with Crippen molar-refractivity contribution >= 4 is 28.4 Å². The second-order valence-corrected chi connectivity index (χ2v) is 8.63. The van der Waals surface area contributed by atoms with Crippen LogP contribution in [0.25, 0.3) is 11.0 Å². The smallest absolute Gasteiger partial charge is 0.336 e. The fourth-order valence-electron chi connectivity index (χ4n) is 5.05. The first-order chi connectivity index (χ1) is 15.5. The van der Waals surface area contributed by atoms with Gasteiger partial charge in [-0.2, -0.15) is 0 Å². The Morgan fingerprint density at radius 1 is 1.16 bits per heavy atom. The largest absolute Gasteiger partial charge is 0.464 e. The Morgan fingerprint density at radius 2 is 2.00 bits per heavy atom. The summed E-state index contributed by atoms with van der Waals surface area (Å²) in [6.45, 7) is 2.54. The van der Waals surface area contributed by atoms with Gasteiger partial charge in [0.1, 0.15) is 18.0 Å². The Hall–Kier alpha value is -3.06. The molecule has 0 spiro atoms. The van der Waals surface area contributed by atoms with Gasteiger partial charge in [-0.3, -0.25) is 14.6 Å². The number of allylic oxidation sites excluding steroid dienone is 1. The molecule has 1 aliphatic carbocycles. The van der Waals surface area contributed by atoms with E-state index in [0.29, 0.717) is 41.7 Å². The third-order valence-electron chi connectivity index (χ3n) is 6.59. The number of hydrogen-bond acceptors (Lipinski definition) is 7. The Labute approximate surface area is 185 Å². The second-order valence-electron chi connectivity index (χ2n) is 8.63. The van der Waals surface area contributed by atoms with Gasteiger partial charge in [0.15, 0.2) is 5.43 Å². The van der Waals surface area contributed by atoms with E-state index < -0.39 is 17.8 Å². The molecule has 0 N–H and O–H groups in total. The second kappa shape index (κ2) is 8.47. The Kier molecular flexibility index (Phi) is 5.51. The van der Waals surface area contributed by atoms with Crippen LogP contribution in [-0.2, 0) is 19.1 Å². The lowest BCUT2D eigenvalue weighted by atomic mass is 9.69. The van der Waals surface area contributed by atoms with Crippen LogP contribution in [0, 0.1) is 5.92 Å². The van der Waals surface area contributed by atoms with Crippen molar-refractivity contribution in [2.24, 2.45) is 10.9 Å². The van der Waals surface area contributed by atoms with E-state index in [9.17, 15) is 14.4 Å². The number of ketones is 1. The van der Waals surface area contributed by atoms with Gasteiger partial charge in [-0.25, -0.2) is 4.79 Å². The highest BCUT2D eigenvalue weighted by atomic mass is 16.6. The van der Waals surface area contributed by atoms with Crippen LogP contribution < -0.4 is 5.43 Å². The first-order valence-electron chi connectivity index (χ1n) is 11.1. The summed E-state index contributed by atoms with van der Waals surface area (Å²) in [4.78, 5) is 44.3. The van der Waals surface area contributed by atoms with E-state index in [1.807, 2.05) is 0 Å². The molecule has 1 aromatic carbocycles. The quantitative estimate of drug-likeness (QED) is 0.680. The van der Waals surface area contributed by atoms with E-state index in [2.05, 4.69) is 4.99 Å². The third kappa shape index (κ3) is 3.60. The monoisotopic (exact) mass is 435 g/mol. The molecule has 2 fully saturated rings. The fraction of sp³-hybridized carbons (Fsp3) is 0.440. The summed E-state index contributed by atoms with van der Waals surface area (Å²) in [5, 5.41) is 0.419. The molecule has 3 heterocycles. The Bertz CT molecular complexity index is 1200. The van der Waals surface area contributed by atoms with Gasteiger partial charge in [0, 0.05) is 35.9 Å². The topological polar surface area (TPSA) is 95.2 Å². The van der Waals surface area contributed by atoms with Crippen LogP contribution in [0.2, 0.25) is 0 Å². The van der Waals surface area contributed by atoms with Crippen molar-refractivity contribution in [2.45, 2.75) is 51.0 Å². The number of esters is 1. The van der Waals surface area contributed by atoms with Crippen molar-refractivity contribution in [2.75, 3.05) is 13.2 Å². The van der Waals surface area contributed by atoms with Crippen LogP contribution in [0.1, 0.15) is 50.5 Å². The van der Waals surface area contributed by atoms with Gasteiger partial charge in [0.05, 0.1) is 29.2 Å². The highest BCUT2D eigenvalue weighted by molar-refractivity contribution is 6.11. The van der Waals surface area contributed by atoms with Crippen molar-refractivity contribution in [3.8, 4) is 0 Å². The maximum atomic E-state index is 13.4. The summed E-state index contributed by atoms with van der Waals surface area (Å²) in [7, 11) is 0. The number of ether oxygens (including phenoxy) is 2. The zero-order valence-electron chi connectivity index (χ0n) is 18.0. The average Bonchev–Trinajstić information content (AvgIpc) is 3.31. The minimum absolute atomic E-state index is 0.00974. The van der Waals surface area contributed by atoms with Gasteiger partial charge in [-0.05, 0) is 44.7 Å². The highest BCUT2D eigenvalue weighted by Gasteiger charge is 2.45. The van der Waals surface area contributed by atoms with Gasteiger partial charge in [0.2, 0.25) is 0 Å². The summed E-state index contributed by atoms with van der Waals surface area (Å²) in [5.41, 5.74) is 1.99. The molecule has 3 aliphatic rings. The lowest BCUT2D eigenvalue weighted by Gasteiger charge is -2.35. The number of hydrogen-bond donors (Lipinski definition) is 0. The number of fused-ring (bicyclic) bond motifs is 2. The lowest BCUT2D eigenvalue weighted by Crippen LogP contribution is -2.40. The molecule has 1 aromatic heterocycles. The SMILES string of the molecule is CC1=C(C(=O)OC[C@@H]2CCCO2)[C@@H](c2coc3ccccc3c2=O)[C@@H]2C(=O)CCCC2=N1. The van der Waals surface area contributed by atoms with Crippen molar-refractivity contribution < 1.29 is 23.5 Å². The predicted octanol–water partition coefficient (Wildman–Crippen LogP) is 3.70. The molecule has 7 nitrogen and oxygen atoms in total. The number of benzene rings is 1. The number of rotatable bonds is 4. The van der Waals surface area contributed by atoms with Crippen LogP contribution in [-0.4, -0.2) is 36.8 Å². The molecule has 3 atom stereocenters. The molecule has 1 saturated heterocycles. The predicted molar refractivity (Wildman–Crippen MR) is 118 cm³/mol. The zero-order valence-corrected chi connectivity index (χ0v) is 18.0. The van der Waals surface area contributed by atoms with E-state index >= 15 is 0 Å². The first kappa shape index (κ1) is 20.8. The van der Waals surface area contributed by atoms with Crippen LogP contribution in [0.15, 0.2) is 56.0 Å². The van der Waals surface area contributed by atoms with Crippen LogP contribution in [0.3, 0.4) is 0 Å². The van der Waals surface area contributed by atoms with Crippen molar-refractivity contribution in [1.29, 1.82) is 0 Å². The summed E-state index contributed by atoms with van der Waals surface area (Å²) >= 11 is 0. The molecule has 2 aliphatic heterocycles. The van der Waals surface area contributed by atoms with Gasteiger partial charge in [0.25, 0.3) is 0 Å². The number of carbonyl (C=O) groups excluding carboxylic acids is 2. The Morgan fingerprint density at radius 3 is 2.81 bits per heavy atom. The van der Waals surface area contributed by atoms with Crippen LogP contribution >= 0.6 is 0 Å². The fourth-order valence-corrected chi connectivity index (χ4v) is 5.05. The minimum atomic E-state index is -0.770. The highest BCUT2D eigenvalue weighted by Crippen LogP contribution is 2.42. The van der Waals surface area contributed by atoms with Crippen LogP contribution in [0.5, 0.6) is 0 Å². The minimum Gasteiger partial charge on any atom is -0.464 e. The number of nitrogens with zero attached hydrogens (tertiary/aromatic N) is 1. The maximum absolute atomic E-state index is 13.4. The third-order valence-corrected chi connectivity index (χ3v) is 6.59. The summed E-state index contributed by atoms with van der Waals surface area (Å²) in [6.07, 6.45) is 4.84. The van der Waals surface area contributed by atoms with Crippen molar-refractivity contribution in [3.63, 3.8) is 0 Å². The van der Waals surface area contributed by atoms with Crippen molar-refractivity contribution in [1.82, 2.24) is 0 Å². The molecular weight excluding hydrogens is 410 g/mol. The molecule has 0 amide bonds. The maximum Gasteiger partial charge on any atom is 0.336 e. The lowest BCUT2D eigenvalue weighted by molar-refractivity contribution is -0.142. The number of aliphatic imine (C=N–C) groups is 1. The summed E-state index contributed by atoms with van der Waals surface area (Å²) in [6, 6.07) is 6.97.